The van der Waals surface area contributed by atoms with Crippen molar-refractivity contribution in [2.24, 2.45) is 39.3 Å². The van der Waals surface area contributed by atoms with Crippen molar-refractivity contribution in [2.45, 2.75) is 202 Å². The average molecular weight is 941 g/mol. The van der Waals surface area contributed by atoms with Crippen molar-refractivity contribution in [2.75, 3.05) is 13.1 Å². The maximum atomic E-state index is 14.6. The van der Waals surface area contributed by atoms with Crippen molar-refractivity contribution in [1.29, 1.82) is 0 Å². The standard InChI is InChI=1S/C54H76N4O6S2/c1-35(59)63-43-20-16-39-29-40(49(62)50-45(39)23-17-38-11-7-12-47(38)64-50)33-58-34-53(31-48(58)61)41(18-24-46(53)37-9-3-2-4-10-37)32-56-51(55)57-54(28-8-27-52(54)25-5-6-26-52)66-65-44-21-14-36(15-22-44)13-19-42(60)30-43/h2-4,9-10,29,36,38,41-44,46-47,60,62H,5-8,11-28,30-34H2,1H3,(H3,55,56,57)/t36?,38-,41-,42+,43-,44?,46-,47-,53+,54-/m1/s1. The number of aliphatic imine (C=N–C) groups is 1. The molecule has 1 saturated heterocycles. The lowest BCUT2D eigenvalue weighted by Gasteiger charge is -2.45. The molecule has 5 saturated carbocycles. The molecule has 0 aromatic heterocycles. The number of nitrogens with zero attached hydrogens (tertiary/aromatic N) is 2. The summed E-state index contributed by atoms with van der Waals surface area (Å²) >= 11 is 0. The largest absolute Gasteiger partial charge is 0.504 e. The number of benzene rings is 2. The molecule has 2 aromatic carbocycles. The van der Waals surface area contributed by atoms with Crippen LogP contribution in [0.5, 0.6) is 11.5 Å². The second-order valence-corrected chi connectivity index (χ2v) is 25.0. The lowest BCUT2D eigenvalue weighted by atomic mass is 9.68. The summed E-state index contributed by atoms with van der Waals surface area (Å²) in [5, 5.41) is 28.3. The Morgan fingerprint density at radius 2 is 1.70 bits per heavy atom. The number of ether oxygens (including phenoxy) is 2. The number of aromatic hydroxyl groups is 1. The Kier molecular flexibility index (Phi) is 13.9. The quantitative estimate of drug-likeness (QED) is 0.170. The monoisotopic (exact) mass is 941 g/mol. The van der Waals surface area contributed by atoms with Gasteiger partial charge in [0.1, 0.15) is 17.1 Å². The average Bonchev–Trinajstić information content (AvgIpc) is 4.15. The van der Waals surface area contributed by atoms with E-state index in [4.69, 9.17) is 20.2 Å². The summed E-state index contributed by atoms with van der Waals surface area (Å²) in [7, 11) is 4.17. The molecule has 0 radical (unpaired) electrons. The van der Waals surface area contributed by atoms with Crippen LogP contribution in [0, 0.1) is 28.6 Å². The zero-order valence-corrected chi connectivity index (χ0v) is 41.1. The molecule has 10 nitrogen and oxygen atoms in total. The number of guanidine groups is 1. The normalized spacial score (nSPS) is 36.2. The zero-order chi connectivity index (χ0) is 45.5. The summed E-state index contributed by atoms with van der Waals surface area (Å²) in [6.07, 6.45) is 23.1. The van der Waals surface area contributed by atoms with Crippen molar-refractivity contribution >= 4 is 39.4 Å². The van der Waals surface area contributed by atoms with E-state index in [-0.39, 0.29) is 51.3 Å². The third kappa shape index (κ3) is 9.35. The Balaban J connectivity index is 0.994. The first-order valence-electron chi connectivity index (χ1n) is 26.2. The Morgan fingerprint density at radius 3 is 2.50 bits per heavy atom. The molecule has 2 aromatic rings. The van der Waals surface area contributed by atoms with Crippen LogP contribution in [0.1, 0.15) is 176 Å². The van der Waals surface area contributed by atoms with Gasteiger partial charge < -0.3 is 35.6 Å². The van der Waals surface area contributed by atoms with Gasteiger partial charge in [-0.3, -0.25) is 14.6 Å². The van der Waals surface area contributed by atoms with Crippen LogP contribution in [0.3, 0.4) is 0 Å². The van der Waals surface area contributed by atoms with E-state index in [1.165, 1.54) is 76.7 Å². The number of hydrogen-bond acceptors (Lipinski definition) is 11. The second-order valence-electron chi connectivity index (χ2n) is 22.2. The maximum Gasteiger partial charge on any atom is 0.302 e. The number of carbonyl (C=O) groups is 2. The Hall–Kier alpha value is -3.09. The SMILES string of the molecule is CC(=O)O[C@@H]1CCc2cc(c(O)c3c2CC[C@H]2CCC[C@H]2O3)CN2C[C@@]3(CC2=O)[C@H](CC[C@@H]3c2ccccc2)CN=C(N)N[C@]2(CCCC23CCCC3)SSC2CCC(CC2)CC[C@H](O)C1. The molecular formula is C54H76N4O6S2. The zero-order valence-electron chi connectivity index (χ0n) is 39.5. The number of hydrogen-bond donors (Lipinski definition) is 4. The number of amides is 1. The summed E-state index contributed by atoms with van der Waals surface area (Å²) in [5.41, 5.74) is 11.1. The number of fused-ring (bicyclic) bond motifs is 13. The smallest absolute Gasteiger partial charge is 0.302 e. The van der Waals surface area contributed by atoms with Crippen LogP contribution in [0.25, 0.3) is 0 Å². The van der Waals surface area contributed by atoms with E-state index < -0.39 is 12.2 Å². The number of carbonyl (C=O) groups excluding carboxylic acids is 2. The highest BCUT2D eigenvalue weighted by molar-refractivity contribution is 8.77. The third-order valence-electron chi connectivity index (χ3n) is 18.4. The van der Waals surface area contributed by atoms with E-state index >= 15 is 0 Å². The lowest BCUT2D eigenvalue weighted by molar-refractivity contribution is -0.148. The van der Waals surface area contributed by atoms with Crippen LogP contribution in [0.4, 0.5) is 0 Å². The summed E-state index contributed by atoms with van der Waals surface area (Å²) in [5.74, 6) is 2.50. The number of rotatable bonds is 2. The predicted molar refractivity (Wildman–Crippen MR) is 264 cm³/mol. The van der Waals surface area contributed by atoms with Gasteiger partial charge in [0.25, 0.3) is 0 Å². The van der Waals surface area contributed by atoms with E-state index in [0.29, 0.717) is 86.1 Å². The van der Waals surface area contributed by atoms with Gasteiger partial charge in [-0.25, -0.2) is 0 Å². The fourth-order valence-electron chi connectivity index (χ4n) is 14.9. The molecule has 360 valence electrons. The van der Waals surface area contributed by atoms with Gasteiger partial charge in [-0.15, -0.1) is 0 Å². The Labute approximate surface area is 401 Å². The van der Waals surface area contributed by atoms with Gasteiger partial charge in [0.2, 0.25) is 5.91 Å². The van der Waals surface area contributed by atoms with Crippen LogP contribution >= 0.6 is 21.6 Å². The van der Waals surface area contributed by atoms with Crippen molar-refractivity contribution in [3.8, 4) is 11.5 Å². The maximum absolute atomic E-state index is 14.6. The molecule has 1 amide bonds. The molecule has 6 bridgehead atoms. The van der Waals surface area contributed by atoms with Gasteiger partial charge in [-0.2, -0.15) is 0 Å². The van der Waals surface area contributed by atoms with Crippen LogP contribution in [-0.4, -0.2) is 74.5 Å². The van der Waals surface area contributed by atoms with Crippen LogP contribution in [0.2, 0.25) is 0 Å². The molecule has 8 atom stereocenters. The minimum atomic E-state index is -0.554. The first kappa shape index (κ1) is 46.6. The predicted octanol–water partition coefficient (Wildman–Crippen LogP) is 10.5. The third-order valence-corrected chi connectivity index (χ3v) is 22.2. The molecule has 4 aliphatic heterocycles. The fourth-order valence-corrected chi connectivity index (χ4v) is 18.9. The van der Waals surface area contributed by atoms with E-state index in [0.717, 1.165) is 68.9 Å². The molecule has 9 aliphatic rings. The molecule has 0 unspecified atom stereocenters. The molecule has 66 heavy (non-hydrogen) atoms. The van der Waals surface area contributed by atoms with E-state index in [2.05, 4.69) is 63.3 Å². The van der Waals surface area contributed by atoms with E-state index in [1.54, 1.807) is 0 Å². The van der Waals surface area contributed by atoms with Crippen LogP contribution in [0.15, 0.2) is 41.4 Å². The Bertz CT molecular complexity index is 2090. The number of phenols is 1. The summed E-state index contributed by atoms with van der Waals surface area (Å²) in [6, 6.07) is 12.9. The Morgan fingerprint density at radius 1 is 0.909 bits per heavy atom. The van der Waals surface area contributed by atoms with Gasteiger partial charge in [0.05, 0.1) is 6.10 Å². The highest BCUT2D eigenvalue weighted by Crippen LogP contribution is 2.64. The van der Waals surface area contributed by atoms with Gasteiger partial charge >= 0.3 is 5.97 Å². The molecular weight excluding hydrogens is 865 g/mol. The first-order valence-corrected chi connectivity index (χ1v) is 28.4. The van der Waals surface area contributed by atoms with Crippen molar-refractivity contribution in [3.05, 3.63) is 58.7 Å². The van der Waals surface area contributed by atoms with Crippen molar-refractivity contribution in [3.63, 3.8) is 0 Å². The number of esters is 1. The molecule has 11 rings (SSSR count). The molecule has 3 spiro atoms. The minimum absolute atomic E-state index is 0.0721. The fraction of sp³-hybridized carbons (Fsp3) is 0.722. The molecule has 12 heteroatoms. The number of phenolic OH excluding ortho intramolecular Hbond substituents is 1. The summed E-state index contributed by atoms with van der Waals surface area (Å²) < 4.78 is 12.8. The van der Waals surface area contributed by atoms with E-state index in [1.807, 2.05) is 4.90 Å². The van der Waals surface area contributed by atoms with Gasteiger partial charge in [0, 0.05) is 66.6 Å². The van der Waals surface area contributed by atoms with Gasteiger partial charge in [-0.1, -0.05) is 64.8 Å². The van der Waals surface area contributed by atoms with Crippen LogP contribution in [-0.2, 0) is 33.7 Å². The number of aliphatic hydroxyl groups excluding tert-OH is 1. The highest BCUT2D eigenvalue weighted by atomic mass is 33.1. The van der Waals surface area contributed by atoms with Crippen LogP contribution < -0.4 is 15.8 Å². The number of nitrogens with one attached hydrogen (secondary N) is 1. The topological polar surface area (TPSA) is 147 Å². The molecule has 5 N–H and O–H groups in total. The number of aliphatic hydroxyl groups is 1. The van der Waals surface area contributed by atoms with Crippen molar-refractivity contribution < 1.29 is 29.3 Å². The van der Waals surface area contributed by atoms with Crippen molar-refractivity contribution in [1.82, 2.24) is 10.2 Å². The second kappa shape index (κ2) is 19.7. The number of aryl methyl sites for hydroxylation is 1. The highest BCUT2D eigenvalue weighted by Gasteiger charge is 2.58. The summed E-state index contributed by atoms with van der Waals surface area (Å²) in [6.45, 7) is 2.92. The first-order chi connectivity index (χ1) is 32.0. The summed E-state index contributed by atoms with van der Waals surface area (Å²) in [4.78, 5) is 34.3. The number of nitrogens with two attached hydrogens (primary N) is 1. The van der Waals surface area contributed by atoms with E-state index in [9.17, 15) is 19.8 Å². The molecule has 4 heterocycles. The molecule has 6 fully saturated rings. The van der Waals surface area contributed by atoms with Gasteiger partial charge in [-0.05, 0) is 169 Å². The van der Waals surface area contributed by atoms with Gasteiger partial charge in [0.15, 0.2) is 17.5 Å². The molecule has 5 aliphatic carbocycles. The minimum Gasteiger partial charge on any atom is -0.504 e. The lowest BCUT2D eigenvalue weighted by Crippen LogP contribution is -2.56.